The Hall–Kier alpha value is -4.02. The summed E-state index contributed by atoms with van der Waals surface area (Å²) in [7, 11) is 2.98. The normalized spacial score (nSPS) is 13.5. The fourth-order valence-electron chi connectivity index (χ4n) is 4.50. The molecule has 0 spiro atoms. The van der Waals surface area contributed by atoms with E-state index < -0.39 is 17.6 Å². The Morgan fingerprint density at radius 1 is 0.925 bits per heavy atom. The van der Waals surface area contributed by atoms with Crippen molar-refractivity contribution >= 4 is 5.57 Å². The zero-order chi connectivity index (χ0) is 40.3. The molecule has 7 nitrogen and oxygen atoms in total. The summed E-state index contributed by atoms with van der Waals surface area (Å²) in [5.74, 6) is -0.742. The highest BCUT2D eigenvalue weighted by Gasteiger charge is 2.32. The van der Waals surface area contributed by atoms with Crippen molar-refractivity contribution in [3.05, 3.63) is 70.8 Å². The van der Waals surface area contributed by atoms with E-state index in [0.29, 0.717) is 40.7 Å². The molecule has 1 unspecified atom stereocenters. The van der Waals surface area contributed by atoms with Crippen molar-refractivity contribution in [3.8, 4) is 28.9 Å². The van der Waals surface area contributed by atoms with Crippen LogP contribution in [0.15, 0.2) is 42.4 Å². The van der Waals surface area contributed by atoms with E-state index in [2.05, 4.69) is 61.5 Å². The molecule has 53 heavy (non-hydrogen) atoms. The Morgan fingerprint density at radius 3 is 1.92 bits per heavy atom. The lowest BCUT2D eigenvalue weighted by molar-refractivity contribution is 0.0633. The lowest BCUT2D eigenvalue weighted by atomic mass is 9.96. The number of rotatable bonds is 13. The molecule has 296 valence electrons. The van der Waals surface area contributed by atoms with E-state index in [0.717, 1.165) is 37.3 Å². The van der Waals surface area contributed by atoms with Crippen molar-refractivity contribution in [3.63, 3.8) is 0 Å². The van der Waals surface area contributed by atoms with Crippen molar-refractivity contribution in [1.82, 2.24) is 19.9 Å². The Labute approximate surface area is 315 Å². The van der Waals surface area contributed by atoms with Crippen LogP contribution in [-0.4, -0.2) is 40.1 Å². The standard InChI is InChI=1S/C25H26F2N4O3.C7H16.C6H10F2.C4H10/c1-5-6-14(2)20-17(26)9-15(10-18(20)27)12-34-24-19(32-3)11-28-23(31-24)21-22(16-7-8-16)29-13-30-25(21)33-4;1-5-7(4)6(2)3;1-4-5(2)6(3,7)8;1-3-4-2/h6,9-11,13,16H,5,7-8,12H2,1-4H3;6-7H,5H2,1-4H3;4H,1-3H3;3-4H2,1-2H3/b14-6-;;5-4+;. The highest BCUT2D eigenvalue weighted by atomic mass is 19.3. The maximum Gasteiger partial charge on any atom is 0.266 e. The minimum atomic E-state index is -2.63. The predicted octanol–water partition coefficient (Wildman–Crippen LogP) is 12.6. The fourth-order valence-corrected chi connectivity index (χ4v) is 4.50. The van der Waals surface area contributed by atoms with Gasteiger partial charge in [0, 0.05) is 18.4 Å². The van der Waals surface area contributed by atoms with E-state index in [9.17, 15) is 17.6 Å². The SMILES string of the molecule is C/C=C(\C)C(C)(F)F.CC/C=C(/C)c1c(F)cc(COc2nc(-c3c(OC)ncnc3C3CC3)ncc2OC)cc1F.CCC(C)C(C)C.CCCC. The molecule has 0 N–H and O–H groups in total. The number of benzene rings is 1. The molecule has 1 fully saturated rings. The average molecular weight is 747 g/mol. The lowest BCUT2D eigenvalue weighted by Gasteiger charge is -2.14. The van der Waals surface area contributed by atoms with Crippen LogP contribution in [0.4, 0.5) is 17.6 Å². The molecule has 1 aliphatic carbocycles. The number of hydrogen-bond acceptors (Lipinski definition) is 7. The summed E-state index contributed by atoms with van der Waals surface area (Å²) in [5.41, 5.74) is 2.38. The van der Waals surface area contributed by atoms with Gasteiger partial charge in [0.25, 0.3) is 11.8 Å². The Bertz CT molecular complexity index is 1580. The van der Waals surface area contributed by atoms with Crippen molar-refractivity contribution < 1.29 is 31.8 Å². The van der Waals surface area contributed by atoms with Crippen LogP contribution in [-0.2, 0) is 6.61 Å². The number of hydrogen-bond donors (Lipinski definition) is 0. The second kappa shape index (κ2) is 23.6. The van der Waals surface area contributed by atoms with Crippen LogP contribution in [0.1, 0.15) is 137 Å². The fraction of sp³-hybridized carbons (Fsp3) is 0.571. The predicted molar refractivity (Wildman–Crippen MR) is 208 cm³/mol. The van der Waals surface area contributed by atoms with Crippen LogP contribution in [0.2, 0.25) is 0 Å². The third kappa shape index (κ3) is 15.5. The number of ether oxygens (including phenoxy) is 3. The van der Waals surface area contributed by atoms with Gasteiger partial charge in [-0.2, -0.15) is 4.98 Å². The van der Waals surface area contributed by atoms with E-state index in [1.54, 1.807) is 19.9 Å². The lowest BCUT2D eigenvalue weighted by Crippen LogP contribution is -2.10. The van der Waals surface area contributed by atoms with Crippen LogP contribution >= 0.6 is 0 Å². The van der Waals surface area contributed by atoms with E-state index in [-0.39, 0.29) is 29.4 Å². The van der Waals surface area contributed by atoms with Crippen molar-refractivity contribution in [1.29, 1.82) is 0 Å². The molecule has 0 saturated heterocycles. The maximum atomic E-state index is 14.6. The number of allylic oxidation sites excluding steroid dienone is 4. The average Bonchev–Trinajstić information content (AvgIpc) is 3.98. The molecule has 0 radical (unpaired) electrons. The summed E-state index contributed by atoms with van der Waals surface area (Å²) in [4.78, 5) is 17.5. The molecular weight excluding hydrogens is 684 g/mol. The highest BCUT2D eigenvalue weighted by Crippen LogP contribution is 2.45. The molecule has 0 bridgehead atoms. The zero-order valence-electron chi connectivity index (χ0n) is 34.2. The Balaban J connectivity index is 0.000000608. The van der Waals surface area contributed by atoms with Gasteiger partial charge in [0.1, 0.15) is 30.1 Å². The van der Waals surface area contributed by atoms with Crippen molar-refractivity contribution in [2.75, 3.05) is 14.2 Å². The van der Waals surface area contributed by atoms with Crippen LogP contribution in [0.3, 0.4) is 0 Å². The molecule has 2 aromatic heterocycles. The highest BCUT2D eigenvalue weighted by molar-refractivity contribution is 5.67. The summed E-state index contributed by atoms with van der Waals surface area (Å²) in [6.45, 7) is 20.8. The van der Waals surface area contributed by atoms with Crippen LogP contribution in [0, 0.1) is 23.5 Å². The Kier molecular flexibility index (Phi) is 20.9. The first-order valence-corrected chi connectivity index (χ1v) is 18.6. The number of nitrogens with zero attached hydrogens (tertiary/aromatic N) is 4. The third-order valence-electron chi connectivity index (χ3n) is 8.95. The van der Waals surface area contributed by atoms with E-state index in [1.807, 2.05) is 6.92 Å². The van der Waals surface area contributed by atoms with Gasteiger partial charge in [0.2, 0.25) is 5.88 Å². The molecule has 0 aliphatic heterocycles. The smallest absolute Gasteiger partial charge is 0.266 e. The van der Waals surface area contributed by atoms with E-state index >= 15 is 0 Å². The summed E-state index contributed by atoms with van der Waals surface area (Å²) in [6, 6.07) is 2.53. The van der Waals surface area contributed by atoms with Gasteiger partial charge >= 0.3 is 0 Å². The molecule has 3 aromatic rings. The van der Waals surface area contributed by atoms with Gasteiger partial charge in [-0.25, -0.2) is 32.5 Å². The summed E-state index contributed by atoms with van der Waals surface area (Å²) >= 11 is 0. The first-order chi connectivity index (χ1) is 25.0. The van der Waals surface area contributed by atoms with Gasteiger partial charge in [-0.3, -0.25) is 0 Å². The van der Waals surface area contributed by atoms with E-state index in [1.165, 1.54) is 71.1 Å². The quantitative estimate of drug-likeness (QED) is 0.127. The number of aromatic nitrogens is 4. The second-order valence-electron chi connectivity index (χ2n) is 13.5. The van der Waals surface area contributed by atoms with Crippen LogP contribution in [0.25, 0.3) is 17.0 Å². The number of halogens is 4. The van der Waals surface area contributed by atoms with Crippen molar-refractivity contribution in [2.45, 2.75) is 133 Å². The molecule has 0 amide bonds. The van der Waals surface area contributed by atoms with Gasteiger partial charge in [-0.1, -0.05) is 79.9 Å². The van der Waals surface area contributed by atoms with Crippen LogP contribution < -0.4 is 14.2 Å². The van der Waals surface area contributed by atoms with Gasteiger partial charge in [0.15, 0.2) is 11.6 Å². The third-order valence-corrected chi connectivity index (χ3v) is 8.95. The van der Waals surface area contributed by atoms with Crippen LogP contribution in [0.5, 0.6) is 17.5 Å². The summed E-state index contributed by atoms with van der Waals surface area (Å²) < 4.78 is 69.9. The molecular formula is C42H62F4N4O3. The van der Waals surface area contributed by atoms with Gasteiger partial charge in [0.05, 0.1) is 26.1 Å². The monoisotopic (exact) mass is 746 g/mol. The topological polar surface area (TPSA) is 79.3 Å². The first-order valence-electron chi connectivity index (χ1n) is 18.6. The number of methoxy groups -OCH3 is 2. The second-order valence-corrected chi connectivity index (χ2v) is 13.5. The minimum absolute atomic E-state index is 0.0312. The molecule has 1 atom stereocenters. The summed E-state index contributed by atoms with van der Waals surface area (Å²) in [5, 5.41) is 0. The number of alkyl halides is 2. The van der Waals surface area contributed by atoms with Gasteiger partial charge in [-0.15, -0.1) is 0 Å². The molecule has 1 saturated carbocycles. The first kappa shape index (κ1) is 47.0. The molecule has 11 heteroatoms. The minimum Gasteiger partial charge on any atom is -0.490 e. The largest absolute Gasteiger partial charge is 0.490 e. The summed E-state index contributed by atoms with van der Waals surface area (Å²) in [6.07, 6.45) is 12.8. The molecule has 1 aliphatic rings. The van der Waals surface area contributed by atoms with Crippen molar-refractivity contribution in [2.24, 2.45) is 11.8 Å². The zero-order valence-corrected chi connectivity index (χ0v) is 34.2. The number of unbranched alkanes of at least 4 members (excludes halogenated alkanes) is 1. The van der Waals surface area contributed by atoms with Gasteiger partial charge < -0.3 is 14.2 Å². The Morgan fingerprint density at radius 2 is 1.53 bits per heavy atom. The molecule has 4 rings (SSSR count). The van der Waals surface area contributed by atoms with Gasteiger partial charge in [-0.05, 0) is 80.7 Å². The maximum absolute atomic E-state index is 14.6. The molecule has 1 aromatic carbocycles. The molecule has 2 heterocycles. The van der Waals surface area contributed by atoms with E-state index in [4.69, 9.17) is 14.2 Å².